The number of aliphatic imine (C=N–C) groups is 1. The zero-order valence-corrected chi connectivity index (χ0v) is 6.77. The zero-order chi connectivity index (χ0) is 6.97. The van der Waals surface area contributed by atoms with Gasteiger partial charge in [0.25, 0.3) is 0 Å². The zero-order valence-electron chi connectivity index (χ0n) is 5.95. The van der Waals surface area contributed by atoms with E-state index in [1.807, 2.05) is 18.0 Å². The fourth-order valence-corrected chi connectivity index (χ4v) is 2.27. The first-order chi connectivity index (χ1) is 4.86. The van der Waals surface area contributed by atoms with Crippen LogP contribution in [-0.4, -0.2) is 28.4 Å². The van der Waals surface area contributed by atoms with Crippen LogP contribution in [0.5, 0.6) is 0 Å². The molecule has 0 spiro atoms. The van der Waals surface area contributed by atoms with Gasteiger partial charge in [0, 0.05) is 24.5 Å². The number of thioether (sulfide) groups is 1. The summed E-state index contributed by atoms with van der Waals surface area (Å²) in [7, 11) is 0. The van der Waals surface area contributed by atoms with E-state index < -0.39 is 0 Å². The predicted octanol–water partition coefficient (Wildman–Crippen LogP) is 1.31. The van der Waals surface area contributed by atoms with Gasteiger partial charge in [0.1, 0.15) is 0 Å². The highest BCUT2D eigenvalue weighted by Gasteiger charge is 2.25. The quantitative estimate of drug-likeness (QED) is 0.522. The number of amidine groups is 1. The molecule has 2 rings (SSSR count). The molecule has 2 nitrogen and oxygen atoms in total. The Labute approximate surface area is 65.0 Å². The van der Waals surface area contributed by atoms with Gasteiger partial charge in [-0.2, -0.15) is 0 Å². The smallest absolute Gasteiger partial charge is 0.164 e. The van der Waals surface area contributed by atoms with Gasteiger partial charge in [-0.05, 0) is 6.08 Å². The van der Waals surface area contributed by atoms with E-state index in [2.05, 4.69) is 22.9 Å². The lowest BCUT2D eigenvalue weighted by atomic mass is 10.4. The van der Waals surface area contributed by atoms with E-state index in [0.717, 1.165) is 18.3 Å². The molecule has 2 aliphatic rings. The molecule has 1 unspecified atom stereocenters. The second-order valence-corrected chi connectivity index (χ2v) is 4.04. The van der Waals surface area contributed by atoms with Crippen LogP contribution < -0.4 is 0 Å². The first-order valence-corrected chi connectivity index (χ1v) is 4.38. The lowest BCUT2D eigenvalue weighted by molar-refractivity contribution is 0.483. The van der Waals surface area contributed by atoms with Crippen LogP contribution in [-0.2, 0) is 0 Å². The fraction of sp³-hybridized carbons (Fsp3) is 0.571. The van der Waals surface area contributed by atoms with Gasteiger partial charge in [-0.25, -0.2) is 4.99 Å². The van der Waals surface area contributed by atoms with Crippen molar-refractivity contribution in [1.82, 2.24) is 4.90 Å². The Hall–Kier alpha value is -0.440. The number of hydrogen-bond donors (Lipinski definition) is 0. The SMILES string of the molecule is CC1CN2CC=CN=C2S1. The molecule has 0 aliphatic carbocycles. The summed E-state index contributed by atoms with van der Waals surface area (Å²) in [6, 6.07) is 0. The lowest BCUT2D eigenvalue weighted by Crippen LogP contribution is -2.26. The highest BCUT2D eigenvalue weighted by atomic mass is 32.2. The van der Waals surface area contributed by atoms with Crippen LogP contribution in [0.2, 0.25) is 0 Å². The number of hydrogen-bond acceptors (Lipinski definition) is 3. The molecule has 0 aromatic heterocycles. The third-order valence-corrected chi connectivity index (χ3v) is 2.80. The summed E-state index contributed by atoms with van der Waals surface area (Å²) in [5, 5.41) is 1.92. The van der Waals surface area contributed by atoms with E-state index in [4.69, 9.17) is 0 Å². The number of nitrogens with zero attached hydrogens (tertiary/aromatic N) is 2. The molecular weight excluding hydrogens is 144 g/mol. The molecule has 3 heteroatoms. The average molecular weight is 154 g/mol. The summed E-state index contributed by atoms with van der Waals surface area (Å²) in [5.74, 6) is 0. The minimum atomic E-state index is 0.721. The minimum Gasteiger partial charge on any atom is -0.346 e. The predicted molar refractivity (Wildman–Crippen MR) is 45.2 cm³/mol. The second kappa shape index (κ2) is 2.31. The van der Waals surface area contributed by atoms with Gasteiger partial charge >= 0.3 is 0 Å². The maximum absolute atomic E-state index is 4.27. The Morgan fingerprint density at radius 1 is 1.80 bits per heavy atom. The van der Waals surface area contributed by atoms with Crippen molar-refractivity contribution in [3.05, 3.63) is 12.3 Å². The molecule has 0 aromatic carbocycles. The number of rotatable bonds is 0. The van der Waals surface area contributed by atoms with E-state index in [1.165, 1.54) is 5.17 Å². The van der Waals surface area contributed by atoms with E-state index in [0.29, 0.717) is 0 Å². The summed E-state index contributed by atoms with van der Waals surface area (Å²) < 4.78 is 0. The van der Waals surface area contributed by atoms with Gasteiger partial charge in [0.2, 0.25) is 0 Å². The molecule has 2 aliphatic heterocycles. The minimum absolute atomic E-state index is 0.721. The molecule has 0 N–H and O–H groups in total. The van der Waals surface area contributed by atoms with Crippen molar-refractivity contribution in [1.29, 1.82) is 0 Å². The normalized spacial score (nSPS) is 30.3. The van der Waals surface area contributed by atoms with Gasteiger partial charge < -0.3 is 4.90 Å². The van der Waals surface area contributed by atoms with Crippen molar-refractivity contribution in [3.63, 3.8) is 0 Å². The van der Waals surface area contributed by atoms with E-state index >= 15 is 0 Å². The molecule has 0 saturated carbocycles. The molecule has 1 saturated heterocycles. The Kier molecular flexibility index (Phi) is 1.45. The maximum Gasteiger partial charge on any atom is 0.164 e. The van der Waals surface area contributed by atoms with Crippen LogP contribution in [0.4, 0.5) is 0 Å². The Balaban J connectivity index is 2.18. The van der Waals surface area contributed by atoms with Crippen LogP contribution in [0.25, 0.3) is 0 Å². The summed E-state index contributed by atoms with van der Waals surface area (Å²) in [4.78, 5) is 6.58. The van der Waals surface area contributed by atoms with Gasteiger partial charge in [0.15, 0.2) is 5.17 Å². The highest BCUT2D eigenvalue weighted by Crippen LogP contribution is 2.26. The molecule has 1 fully saturated rings. The van der Waals surface area contributed by atoms with Crippen molar-refractivity contribution in [2.24, 2.45) is 4.99 Å². The third kappa shape index (κ3) is 0.944. The first kappa shape index (κ1) is 6.28. The molecule has 1 atom stereocenters. The van der Waals surface area contributed by atoms with Crippen molar-refractivity contribution >= 4 is 16.9 Å². The molecule has 0 radical (unpaired) electrons. The molecule has 0 aromatic rings. The summed E-state index contributed by atoms with van der Waals surface area (Å²) in [5.41, 5.74) is 0. The third-order valence-electron chi connectivity index (χ3n) is 1.67. The van der Waals surface area contributed by atoms with Gasteiger partial charge in [0.05, 0.1) is 0 Å². The molecule has 2 heterocycles. The van der Waals surface area contributed by atoms with Crippen LogP contribution >= 0.6 is 11.8 Å². The number of fused-ring (bicyclic) bond motifs is 1. The summed E-state index contributed by atoms with van der Waals surface area (Å²) in [6.07, 6.45) is 4.00. The molecular formula is C7H10N2S. The Bertz CT molecular complexity index is 198. The molecule has 0 amide bonds. The lowest BCUT2D eigenvalue weighted by Gasteiger charge is -2.16. The summed E-state index contributed by atoms with van der Waals surface area (Å²) >= 11 is 1.87. The second-order valence-electron chi connectivity index (χ2n) is 2.63. The monoisotopic (exact) mass is 154 g/mol. The topological polar surface area (TPSA) is 15.6 Å². The van der Waals surface area contributed by atoms with Crippen molar-refractivity contribution in [2.45, 2.75) is 12.2 Å². The Morgan fingerprint density at radius 3 is 3.50 bits per heavy atom. The van der Waals surface area contributed by atoms with Crippen LogP contribution in [0.15, 0.2) is 17.3 Å². The fourth-order valence-electron chi connectivity index (χ4n) is 1.24. The van der Waals surface area contributed by atoms with E-state index in [1.54, 1.807) is 0 Å². The standard InChI is InChI=1S/C7H10N2S/c1-6-5-9-4-2-3-8-7(9)10-6/h2-3,6H,4-5H2,1H3. The first-order valence-electron chi connectivity index (χ1n) is 3.50. The van der Waals surface area contributed by atoms with Gasteiger partial charge in [-0.15, -0.1) is 0 Å². The van der Waals surface area contributed by atoms with Gasteiger partial charge in [-0.1, -0.05) is 18.7 Å². The van der Waals surface area contributed by atoms with Crippen LogP contribution in [0.3, 0.4) is 0 Å². The largest absolute Gasteiger partial charge is 0.346 e. The highest BCUT2D eigenvalue weighted by molar-refractivity contribution is 8.14. The average Bonchev–Trinajstić information content (AvgIpc) is 2.27. The van der Waals surface area contributed by atoms with Crippen LogP contribution in [0, 0.1) is 0 Å². The molecule has 54 valence electrons. The van der Waals surface area contributed by atoms with Crippen molar-refractivity contribution < 1.29 is 0 Å². The Morgan fingerprint density at radius 2 is 2.70 bits per heavy atom. The van der Waals surface area contributed by atoms with Crippen molar-refractivity contribution in [2.75, 3.05) is 13.1 Å². The van der Waals surface area contributed by atoms with Crippen LogP contribution in [0.1, 0.15) is 6.92 Å². The van der Waals surface area contributed by atoms with Crippen molar-refractivity contribution in [3.8, 4) is 0 Å². The van der Waals surface area contributed by atoms with E-state index in [9.17, 15) is 0 Å². The maximum atomic E-state index is 4.27. The summed E-state index contributed by atoms with van der Waals surface area (Å²) in [6.45, 7) is 4.45. The molecule has 0 bridgehead atoms. The van der Waals surface area contributed by atoms with E-state index in [-0.39, 0.29) is 0 Å². The van der Waals surface area contributed by atoms with Gasteiger partial charge in [-0.3, -0.25) is 0 Å². The molecule has 10 heavy (non-hydrogen) atoms.